The third-order valence-corrected chi connectivity index (χ3v) is 2.50. The molecule has 6 nitrogen and oxygen atoms in total. The van der Waals surface area contributed by atoms with Crippen molar-refractivity contribution in [3.05, 3.63) is 0 Å². The van der Waals surface area contributed by atoms with Crippen molar-refractivity contribution in [3.8, 4) is 0 Å². The minimum absolute atomic E-state index is 0.299. The first-order valence-electron chi connectivity index (χ1n) is 5.35. The first kappa shape index (κ1) is 10.2. The van der Waals surface area contributed by atoms with E-state index in [0.717, 1.165) is 38.5 Å². The molecule has 1 aromatic heterocycles. The molecule has 15 heavy (non-hydrogen) atoms. The molecule has 0 bridgehead atoms. The lowest BCUT2D eigenvalue weighted by Crippen LogP contribution is -2.20. The smallest absolute Gasteiger partial charge is 0.241 e. The third kappa shape index (κ3) is 2.38. The minimum Gasteiger partial charge on any atom is -0.376 e. The van der Waals surface area contributed by atoms with Gasteiger partial charge in [0.15, 0.2) is 0 Å². The van der Waals surface area contributed by atoms with Crippen molar-refractivity contribution in [2.45, 2.75) is 32.4 Å². The van der Waals surface area contributed by atoms with E-state index in [1.54, 1.807) is 4.68 Å². The maximum absolute atomic E-state index is 5.52. The molecule has 2 rings (SSSR count). The van der Waals surface area contributed by atoms with E-state index in [9.17, 15) is 0 Å². The minimum atomic E-state index is 0.299. The summed E-state index contributed by atoms with van der Waals surface area (Å²) in [7, 11) is 0. The summed E-state index contributed by atoms with van der Waals surface area (Å²) >= 11 is 0. The highest BCUT2D eigenvalue weighted by Gasteiger charge is 2.16. The van der Waals surface area contributed by atoms with Crippen molar-refractivity contribution in [2.75, 3.05) is 24.2 Å². The highest BCUT2D eigenvalue weighted by molar-refractivity contribution is 5.31. The second kappa shape index (κ2) is 4.48. The molecule has 6 heteroatoms. The molecule has 3 N–H and O–H groups in total. The van der Waals surface area contributed by atoms with Crippen LogP contribution in [0.15, 0.2) is 0 Å². The zero-order valence-electron chi connectivity index (χ0n) is 8.94. The van der Waals surface area contributed by atoms with Crippen molar-refractivity contribution in [1.82, 2.24) is 14.8 Å². The molecule has 0 aromatic carbocycles. The van der Waals surface area contributed by atoms with Crippen LogP contribution in [0, 0.1) is 0 Å². The fourth-order valence-electron chi connectivity index (χ4n) is 1.72. The third-order valence-electron chi connectivity index (χ3n) is 2.50. The standard InChI is InChI=1S/C9H17N5O/c1-2-14-9(12-8(10)13-14)11-6-7-4-3-5-15-7/h7H,2-6H2,1H3,(H3,10,11,12,13). The predicted molar refractivity (Wildman–Crippen MR) is 57.6 cm³/mol. The molecule has 84 valence electrons. The number of nitrogens with one attached hydrogen (secondary N) is 1. The second-order valence-corrected chi connectivity index (χ2v) is 3.63. The fraction of sp³-hybridized carbons (Fsp3) is 0.778. The summed E-state index contributed by atoms with van der Waals surface area (Å²) in [5.74, 6) is 1.04. The average molecular weight is 211 g/mol. The number of nitrogens with two attached hydrogens (primary N) is 1. The molecule has 0 aliphatic carbocycles. The van der Waals surface area contributed by atoms with Crippen LogP contribution in [0.1, 0.15) is 19.8 Å². The van der Waals surface area contributed by atoms with Gasteiger partial charge in [0.2, 0.25) is 11.9 Å². The van der Waals surface area contributed by atoms with Gasteiger partial charge in [-0.2, -0.15) is 4.98 Å². The van der Waals surface area contributed by atoms with E-state index in [1.165, 1.54) is 0 Å². The van der Waals surface area contributed by atoms with Crippen LogP contribution in [0.5, 0.6) is 0 Å². The Bertz CT molecular complexity index is 318. The Morgan fingerprint density at radius 1 is 1.67 bits per heavy atom. The van der Waals surface area contributed by atoms with Crippen LogP contribution in [0.25, 0.3) is 0 Å². The molecule has 1 atom stereocenters. The van der Waals surface area contributed by atoms with Gasteiger partial charge in [-0.25, -0.2) is 4.68 Å². The Balaban J connectivity index is 1.91. The number of hydrogen-bond acceptors (Lipinski definition) is 5. The number of nitrogens with zero attached hydrogens (tertiary/aromatic N) is 3. The number of hydrogen-bond donors (Lipinski definition) is 2. The van der Waals surface area contributed by atoms with E-state index in [2.05, 4.69) is 15.4 Å². The first-order chi connectivity index (χ1) is 7.29. The molecule has 0 saturated carbocycles. The monoisotopic (exact) mass is 211 g/mol. The van der Waals surface area contributed by atoms with E-state index >= 15 is 0 Å². The molecule has 1 fully saturated rings. The summed E-state index contributed by atoms with van der Waals surface area (Å²) in [5.41, 5.74) is 5.52. The van der Waals surface area contributed by atoms with Gasteiger partial charge in [0, 0.05) is 19.7 Å². The zero-order chi connectivity index (χ0) is 10.7. The Morgan fingerprint density at radius 2 is 2.53 bits per heavy atom. The largest absolute Gasteiger partial charge is 0.376 e. The van der Waals surface area contributed by atoms with E-state index in [-0.39, 0.29) is 0 Å². The van der Waals surface area contributed by atoms with Crippen LogP contribution in [-0.2, 0) is 11.3 Å². The van der Waals surface area contributed by atoms with Crippen molar-refractivity contribution in [2.24, 2.45) is 0 Å². The SMILES string of the molecule is CCn1nc(N)nc1NCC1CCCO1. The maximum Gasteiger partial charge on any atom is 0.241 e. The van der Waals surface area contributed by atoms with Crippen LogP contribution in [0.2, 0.25) is 0 Å². The van der Waals surface area contributed by atoms with Crippen LogP contribution in [-0.4, -0.2) is 34.0 Å². The lowest BCUT2D eigenvalue weighted by Gasteiger charge is -2.10. The lowest BCUT2D eigenvalue weighted by atomic mass is 10.2. The van der Waals surface area contributed by atoms with Gasteiger partial charge in [-0.15, -0.1) is 5.10 Å². The Hall–Kier alpha value is -1.30. The number of ether oxygens (including phenoxy) is 1. The summed E-state index contributed by atoms with van der Waals surface area (Å²) in [6.45, 7) is 4.41. The molecule has 0 spiro atoms. The topological polar surface area (TPSA) is 78.0 Å². The number of aryl methyl sites for hydroxylation is 1. The molecule has 1 saturated heterocycles. The number of nitrogen functional groups attached to an aromatic ring is 1. The predicted octanol–water partition coefficient (Wildman–Crippen LogP) is 0.471. The Labute approximate surface area is 88.8 Å². The average Bonchev–Trinajstić information content (AvgIpc) is 2.83. The quantitative estimate of drug-likeness (QED) is 0.757. The van der Waals surface area contributed by atoms with Gasteiger partial charge in [0.05, 0.1) is 6.10 Å². The van der Waals surface area contributed by atoms with E-state index < -0.39 is 0 Å². The molecule has 1 aliphatic heterocycles. The number of rotatable bonds is 4. The van der Waals surface area contributed by atoms with Gasteiger partial charge in [-0.1, -0.05) is 0 Å². The van der Waals surface area contributed by atoms with Crippen molar-refractivity contribution in [3.63, 3.8) is 0 Å². The maximum atomic E-state index is 5.52. The summed E-state index contributed by atoms with van der Waals surface area (Å²) in [5, 5.41) is 7.27. The van der Waals surface area contributed by atoms with Crippen LogP contribution < -0.4 is 11.1 Å². The molecule has 1 unspecified atom stereocenters. The van der Waals surface area contributed by atoms with Crippen molar-refractivity contribution < 1.29 is 4.74 Å². The van der Waals surface area contributed by atoms with E-state index in [0.29, 0.717) is 12.1 Å². The molecule has 1 aromatic rings. The van der Waals surface area contributed by atoms with Crippen LogP contribution >= 0.6 is 0 Å². The lowest BCUT2D eigenvalue weighted by molar-refractivity contribution is 0.120. The van der Waals surface area contributed by atoms with Gasteiger partial charge in [-0.3, -0.25) is 0 Å². The Morgan fingerprint density at radius 3 is 3.20 bits per heavy atom. The molecule has 0 radical (unpaired) electrons. The first-order valence-corrected chi connectivity index (χ1v) is 5.35. The zero-order valence-corrected chi connectivity index (χ0v) is 8.94. The number of aromatic nitrogens is 3. The molecule has 2 heterocycles. The highest BCUT2D eigenvalue weighted by atomic mass is 16.5. The van der Waals surface area contributed by atoms with Crippen LogP contribution in [0.3, 0.4) is 0 Å². The summed E-state index contributed by atoms with van der Waals surface area (Å²) < 4.78 is 7.26. The van der Waals surface area contributed by atoms with Gasteiger partial charge >= 0.3 is 0 Å². The van der Waals surface area contributed by atoms with Crippen molar-refractivity contribution in [1.29, 1.82) is 0 Å². The molecular weight excluding hydrogens is 194 g/mol. The summed E-state index contributed by atoms with van der Waals surface area (Å²) in [6.07, 6.45) is 2.56. The fourth-order valence-corrected chi connectivity index (χ4v) is 1.72. The van der Waals surface area contributed by atoms with Gasteiger partial charge in [-0.05, 0) is 19.8 Å². The molecule has 1 aliphatic rings. The normalized spacial score (nSPS) is 20.7. The summed E-state index contributed by atoms with van der Waals surface area (Å²) in [6, 6.07) is 0. The number of anilines is 2. The van der Waals surface area contributed by atoms with Gasteiger partial charge in [0.25, 0.3) is 0 Å². The van der Waals surface area contributed by atoms with Crippen molar-refractivity contribution >= 4 is 11.9 Å². The molecular formula is C9H17N5O. The van der Waals surface area contributed by atoms with Gasteiger partial charge in [0.1, 0.15) is 0 Å². The van der Waals surface area contributed by atoms with Gasteiger partial charge < -0.3 is 15.8 Å². The van der Waals surface area contributed by atoms with E-state index in [1.807, 2.05) is 6.92 Å². The van der Waals surface area contributed by atoms with E-state index in [4.69, 9.17) is 10.5 Å². The summed E-state index contributed by atoms with van der Waals surface area (Å²) in [4.78, 5) is 4.11. The highest BCUT2D eigenvalue weighted by Crippen LogP contribution is 2.13. The second-order valence-electron chi connectivity index (χ2n) is 3.63. The molecule has 0 amide bonds. The van der Waals surface area contributed by atoms with Crippen LogP contribution in [0.4, 0.5) is 11.9 Å². The Kier molecular flexibility index (Phi) is 3.05.